The second-order valence-corrected chi connectivity index (χ2v) is 5.62. The third kappa shape index (κ3) is 3.99. The Bertz CT molecular complexity index is 785. The Morgan fingerprint density at radius 3 is 2.65 bits per heavy atom. The van der Waals surface area contributed by atoms with Gasteiger partial charge >= 0.3 is 0 Å². The topological polar surface area (TPSA) is 57.8 Å². The van der Waals surface area contributed by atoms with Gasteiger partial charge in [0.05, 0.1) is 16.9 Å². The molecular weight excluding hydrogens is 310 g/mol. The van der Waals surface area contributed by atoms with Crippen LogP contribution in [0.3, 0.4) is 0 Å². The molecule has 0 saturated carbocycles. The van der Waals surface area contributed by atoms with Crippen LogP contribution in [0.1, 0.15) is 12.0 Å². The molecule has 23 heavy (non-hydrogen) atoms. The summed E-state index contributed by atoms with van der Waals surface area (Å²) in [5.41, 5.74) is 3.67. The van der Waals surface area contributed by atoms with Gasteiger partial charge in [-0.05, 0) is 29.7 Å². The van der Waals surface area contributed by atoms with Crippen molar-refractivity contribution in [3.63, 3.8) is 0 Å². The Balaban J connectivity index is 1.62. The molecule has 116 valence electrons. The van der Waals surface area contributed by atoms with Crippen LogP contribution < -0.4 is 5.32 Å². The van der Waals surface area contributed by atoms with Crippen molar-refractivity contribution in [1.29, 1.82) is 0 Å². The minimum atomic E-state index is -0.0492. The molecule has 2 aromatic carbocycles. The van der Waals surface area contributed by atoms with E-state index >= 15 is 0 Å². The number of aromatic amines is 1. The van der Waals surface area contributed by atoms with Crippen molar-refractivity contribution in [3.05, 3.63) is 71.5 Å². The summed E-state index contributed by atoms with van der Waals surface area (Å²) in [4.78, 5) is 12.1. The first-order valence-corrected chi connectivity index (χ1v) is 7.72. The average molecular weight is 326 g/mol. The molecule has 3 rings (SSSR count). The minimum Gasteiger partial charge on any atom is -0.325 e. The molecule has 0 fully saturated rings. The van der Waals surface area contributed by atoms with Gasteiger partial charge < -0.3 is 5.32 Å². The minimum absolute atomic E-state index is 0.0492. The lowest BCUT2D eigenvalue weighted by Gasteiger charge is -2.09. The van der Waals surface area contributed by atoms with E-state index in [1.165, 1.54) is 0 Å². The molecule has 4 nitrogen and oxygen atoms in total. The van der Waals surface area contributed by atoms with E-state index in [-0.39, 0.29) is 5.91 Å². The predicted molar refractivity (Wildman–Crippen MR) is 92.4 cm³/mol. The molecule has 0 radical (unpaired) electrons. The number of nitrogens with one attached hydrogen (secondary N) is 2. The highest BCUT2D eigenvalue weighted by Crippen LogP contribution is 2.28. The molecule has 1 aromatic heterocycles. The molecule has 3 aromatic rings. The molecule has 5 heteroatoms. The number of aryl methyl sites for hydroxylation is 1. The lowest BCUT2D eigenvalue weighted by Crippen LogP contribution is -2.12. The van der Waals surface area contributed by atoms with Crippen molar-refractivity contribution in [2.24, 2.45) is 0 Å². The maximum absolute atomic E-state index is 12.1. The van der Waals surface area contributed by atoms with Crippen molar-refractivity contribution in [2.75, 3.05) is 5.32 Å². The summed E-state index contributed by atoms with van der Waals surface area (Å²) in [5.74, 6) is -0.0492. The first-order chi connectivity index (χ1) is 11.2. The summed E-state index contributed by atoms with van der Waals surface area (Å²) in [6.45, 7) is 0. The molecular formula is C18H16ClN3O. The zero-order chi connectivity index (χ0) is 16.1. The van der Waals surface area contributed by atoms with Gasteiger partial charge in [-0.1, -0.05) is 48.0 Å². The Morgan fingerprint density at radius 1 is 1.13 bits per heavy atom. The van der Waals surface area contributed by atoms with Crippen molar-refractivity contribution in [2.45, 2.75) is 12.8 Å². The standard InChI is InChI=1S/C18H16ClN3O/c19-16-10-14(15-11-20-21-12-15)7-8-17(16)22-18(23)9-6-13-4-2-1-3-5-13/h1-5,7-8,10-12H,6,9H2,(H,20,21)(H,22,23). The van der Waals surface area contributed by atoms with Crippen LogP contribution in [0.15, 0.2) is 60.9 Å². The summed E-state index contributed by atoms with van der Waals surface area (Å²) in [7, 11) is 0. The van der Waals surface area contributed by atoms with Crippen LogP contribution in [-0.2, 0) is 11.2 Å². The van der Waals surface area contributed by atoms with E-state index in [1.54, 1.807) is 12.4 Å². The number of aromatic nitrogens is 2. The molecule has 0 aliphatic carbocycles. The fourth-order valence-corrected chi connectivity index (χ4v) is 2.55. The number of halogens is 1. The Hall–Kier alpha value is -2.59. The van der Waals surface area contributed by atoms with Crippen molar-refractivity contribution < 1.29 is 4.79 Å². The number of nitrogens with zero attached hydrogens (tertiary/aromatic N) is 1. The largest absolute Gasteiger partial charge is 0.325 e. The van der Waals surface area contributed by atoms with E-state index in [0.717, 1.165) is 16.7 Å². The van der Waals surface area contributed by atoms with Gasteiger partial charge in [-0.25, -0.2) is 0 Å². The quantitative estimate of drug-likeness (QED) is 0.734. The Kier molecular flexibility index (Phi) is 4.74. The summed E-state index contributed by atoms with van der Waals surface area (Å²) in [6.07, 6.45) is 4.65. The van der Waals surface area contributed by atoms with Crippen LogP contribution in [0.25, 0.3) is 11.1 Å². The number of carbonyl (C=O) groups is 1. The molecule has 1 amide bonds. The van der Waals surface area contributed by atoms with Gasteiger partial charge in [-0.2, -0.15) is 5.10 Å². The maximum atomic E-state index is 12.1. The highest BCUT2D eigenvalue weighted by molar-refractivity contribution is 6.34. The zero-order valence-electron chi connectivity index (χ0n) is 12.4. The van der Waals surface area contributed by atoms with Crippen LogP contribution in [0.4, 0.5) is 5.69 Å². The first-order valence-electron chi connectivity index (χ1n) is 7.35. The fourth-order valence-electron chi connectivity index (χ4n) is 2.32. The van der Waals surface area contributed by atoms with E-state index in [2.05, 4.69) is 15.5 Å². The smallest absolute Gasteiger partial charge is 0.224 e. The Labute approximate surface area is 139 Å². The third-order valence-corrected chi connectivity index (χ3v) is 3.87. The number of carbonyl (C=O) groups excluding carboxylic acids is 1. The normalized spacial score (nSPS) is 10.5. The molecule has 0 unspecified atom stereocenters. The van der Waals surface area contributed by atoms with Gasteiger partial charge in [-0.3, -0.25) is 9.89 Å². The fraction of sp³-hybridized carbons (Fsp3) is 0.111. The number of amides is 1. The maximum Gasteiger partial charge on any atom is 0.224 e. The SMILES string of the molecule is O=C(CCc1ccccc1)Nc1ccc(-c2cn[nH]c2)cc1Cl. The molecule has 0 saturated heterocycles. The van der Waals surface area contributed by atoms with Crippen LogP contribution in [-0.4, -0.2) is 16.1 Å². The third-order valence-electron chi connectivity index (χ3n) is 3.56. The summed E-state index contributed by atoms with van der Waals surface area (Å²) in [6, 6.07) is 15.5. The number of anilines is 1. The Morgan fingerprint density at radius 2 is 1.96 bits per heavy atom. The number of rotatable bonds is 5. The van der Waals surface area contributed by atoms with Crippen LogP contribution in [0.5, 0.6) is 0 Å². The van der Waals surface area contributed by atoms with Gasteiger partial charge in [0.2, 0.25) is 5.91 Å². The van der Waals surface area contributed by atoms with E-state index in [9.17, 15) is 4.79 Å². The second kappa shape index (κ2) is 7.11. The van der Waals surface area contributed by atoms with Crippen molar-refractivity contribution >= 4 is 23.2 Å². The summed E-state index contributed by atoms with van der Waals surface area (Å²) < 4.78 is 0. The van der Waals surface area contributed by atoms with E-state index in [0.29, 0.717) is 23.6 Å². The van der Waals surface area contributed by atoms with Gasteiger partial charge in [-0.15, -0.1) is 0 Å². The van der Waals surface area contributed by atoms with Crippen LogP contribution >= 0.6 is 11.6 Å². The van der Waals surface area contributed by atoms with Gasteiger partial charge in [0.15, 0.2) is 0 Å². The monoisotopic (exact) mass is 325 g/mol. The summed E-state index contributed by atoms with van der Waals surface area (Å²) >= 11 is 6.26. The number of H-pyrrole nitrogens is 1. The molecule has 2 N–H and O–H groups in total. The number of hydrogen-bond donors (Lipinski definition) is 2. The van der Waals surface area contributed by atoms with E-state index in [1.807, 2.05) is 48.5 Å². The first kappa shape index (κ1) is 15.3. The van der Waals surface area contributed by atoms with Gasteiger partial charge in [0.25, 0.3) is 0 Å². The highest BCUT2D eigenvalue weighted by Gasteiger charge is 2.08. The van der Waals surface area contributed by atoms with E-state index in [4.69, 9.17) is 11.6 Å². The lowest BCUT2D eigenvalue weighted by atomic mass is 10.1. The van der Waals surface area contributed by atoms with E-state index < -0.39 is 0 Å². The lowest BCUT2D eigenvalue weighted by molar-refractivity contribution is -0.116. The highest BCUT2D eigenvalue weighted by atomic mass is 35.5. The van der Waals surface area contributed by atoms with Gasteiger partial charge in [0, 0.05) is 18.2 Å². The van der Waals surface area contributed by atoms with Crippen molar-refractivity contribution in [1.82, 2.24) is 10.2 Å². The zero-order valence-corrected chi connectivity index (χ0v) is 13.2. The molecule has 0 spiro atoms. The molecule has 0 bridgehead atoms. The number of hydrogen-bond acceptors (Lipinski definition) is 2. The molecule has 0 atom stereocenters. The van der Waals surface area contributed by atoms with Gasteiger partial charge in [0.1, 0.15) is 0 Å². The molecule has 1 heterocycles. The van der Waals surface area contributed by atoms with Crippen molar-refractivity contribution in [3.8, 4) is 11.1 Å². The van der Waals surface area contributed by atoms with Crippen LogP contribution in [0, 0.1) is 0 Å². The number of benzene rings is 2. The average Bonchev–Trinajstić information content (AvgIpc) is 3.10. The summed E-state index contributed by atoms with van der Waals surface area (Å²) in [5, 5.41) is 10.0. The van der Waals surface area contributed by atoms with Crippen LogP contribution in [0.2, 0.25) is 5.02 Å². The molecule has 0 aliphatic heterocycles. The molecule has 0 aliphatic rings. The second-order valence-electron chi connectivity index (χ2n) is 5.22. The predicted octanol–water partition coefficient (Wildman–Crippen LogP) is 4.30.